The number of hydrogen-bond donors (Lipinski definition) is 0. The van der Waals surface area contributed by atoms with Crippen molar-refractivity contribution in [3.63, 3.8) is 0 Å². The molecule has 43 heavy (non-hydrogen) atoms. The molecule has 0 aliphatic rings. The summed E-state index contributed by atoms with van der Waals surface area (Å²) in [5, 5.41) is 6.01. The molecule has 6 rings (SSSR count). The minimum absolute atomic E-state index is 0.0799. The summed E-state index contributed by atoms with van der Waals surface area (Å²) in [7, 11) is 0. The molecule has 0 fully saturated rings. The van der Waals surface area contributed by atoms with Crippen molar-refractivity contribution in [1.29, 1.82) is 0 Å². The van der Waals surface area contributed by atoms with Gasteiger partial charge in [0.15, 0.2) is 5.65 Å². The predicted octanol–water partition coefficient (Wildman–Crippen LogP) is 10.6. The van der Waals surface area contributed by atoms with Crippen molar-refractivity contribution < 1.29 is 17.9 Å². The number of benzene rings is 4. The number of aromatic nitrogens is 3. The number of halogens is 6. The van der Waals surface area contributed by atoms with Crippen LogP contribution in [-0.4, -0.2) is 14.8 Å². The first-order valence-electron chi connectivity index (χ1n) is 13.1. The van der Waals surface area contributed by atoms with Crippen LogP contribution in [0.5, 0.6) is 5.75 Å². The molecule has 0 spiro atoms. The summed E-state index contributed by atoms with van der Waals surface area (Å²) in [4.78, 5) is 4.73. The lowest BCUT2D eigenvalue weighted by Crippen LogP contribution is -2.08. The molecular weight excluding hydrogens is 618 g/mol. The minimum atomic E-state index is -4.68. The number of nitrogens with zero attached hydrogens (tertiary/aromatic N) is 3. The van der Waals surface area contributed by atoms with Crippen molar-refractivity contribution >= 4 is 45.8 Å². The van der Waals surface area contributed by atoms with Crippen LogP contribution in [0.15, 0.2) is 97.1 Å². The third-order valence-electron chi connectivity index (χ3n) is 6.90. The molecule has 4 aromatic carbocycles. The van der Waals surface area contributed by atoms with E-state index < -0.39 is 11.7 Å². The Bertz CT molecular complexity index is 1940. The van der Waals surface area contributed by atoms with E-state index in [9.17, 15) is 13.2 Å². The second-order valence-electron chi connectivity index (χ2n) is 9.90. The number of hydrogen-bond acceptors (Lipinski definition) is 3. The molecule has 0 amide bonds. The summed E-state index contributed by atoms with van der Waals surface area (Å²) in [5.74, 6) is 0.515. The fourth-order valence-corrected chi connectivity index (χ4v) is 5.27. The maximum absolute atomic E-state index is 14.7. The van der Waals surface area contributed by atoms with Gasteiger partial charge in [-0.1, -0.05) is 70.7 Å². The summed E-state index contributed by atoms with van der Waals surface area (Å²) in [6, 6.07) is 26.7. The van der Waals surface area contributed by atoms with Crippen molar-refractivity contribution in [2.75, 3.05) is 0 Å². The Morgan fingerprint density at radius 2 is 1.42 bits per heavy atom. The number of pyridine rings is 1. The summed E-state index contributed by atoms with van der Waals surface area (Å²) in [6.07, 6.45) is -4.68. The Hall–Kier alpha value is -4.04. The van der Waals surface area contributed by atoms with Crippen molar-refractivity contribution in [2.24, 2.45) is 0 Å². The molecule has 2 aromatic heterocycles. The maximum atomic E-state index is 14.7. The highest BCUT2D eigenvalue weighted by Crippen LogP contribution is 2.42. The smallest absolute Gasteiger partial charge is 0.417 e. The van der Waals surface area contributed by atoms with E-state index in [1.807, 2.05) is 19.1 Å². The van der Waals surface area contributed by atoms with Gasteiger partial charge in [-0.3, -0.25) is 0 Å². The van der Waals surface area contributed by atoms with E-state index in [4.69, 9.17) is 44.5 Å². The summed E-state index contributed by atoms with van der Waals surface area (Å²) >= 11 is 18.3. The van der Waals surface area contributed by atoms with Crippen molar-refractivity contribution in [3.05, 3.63) is 129 Å². The van der Waals surface area contributed by atoms with Crippen molar-refractivity contribution in [2.45, 2.75) is 19.7 Å². The van der Waals surface area contributed by atoms with Gasteiger partial charge in [0.25, 0.3) is 0 Å². The number of aryl methyl sites for hydroxylation is 1. The molecular formula is C33H21Cl3F3N3O. The predicted molar refractivity (Wildman–Crippen MR) is 165 cm³/mol. The Morgan fingerprint density at radius 3 is 2.07 bits per heavy atom. The highest BCUT2D eigenvalue weighted by molar-refractivity contribution is 6.35. The molecule has 216 valence electrons. The second-order valence-corrected chi connectivity index (χ2v) is 11.2. The highest BCUT2D eigenvalue weighted by atomic mass is 35.5. The largest absolute Gasteiger partial charge is 0.489 e. The average molecular weight is 639 g/mol. The van der Waals surface area contributed by atoms with Gasteiger partial charge in [0.05, 0.1) is 22.3 Å². The van der Waals surface area contributed by atoms with E-state index in [0.29, 0.717) is 37.6 Å². The zero-order valence-corrected chi connectivity index (χ0v) is 24.7. The number of ether oxygens (including phenoxy) is 1. The molecule has 0 bridgehead atoms. The molecule has 2 heterocycles. The molecule has 0 N–H and O–H groups in total. The Balaban J connectivity index is 1.46. The molecule has 10 heteroatoms. The van der Waals surface area contributed by atoms with Gasteiger partial charge in [0.2, 0.25) is 0 Å². The van der Waals surface area contributed by atoms with Crippen LogP contribution in [0.1, 0.15) is 16.7 Å². The molecule has 0 radical (unpaired) electrons. The van der Waals surface area contributed by atoms with Crippen LogP contribution in [0.4, 0.5) is 13.2 Å². The number of fused-ring (bicyclic) bond motifs is 1. The molecule has 0 saturated carbocycles. The van der Waals surface area contributed by atoms with E-state index in [1.165, 1.54) is 4.68 Å². The minimum Gasteiger partial charge on any atom is -0.489 e. The third kappa shape index (κ3) is 6.07. The van der Waals surface area contributed by atoms with Gasteiger partial charge < -0.3 is 4.74 Å². The number of rotatable bonds is 6. The quantitative estimate of drug-likeness (QED) is 0.182. The topological polar surface area (TPSA) is 39.9 Å². The van der Waals surface area contributed by atoms with Crippen LogP contribution in [0.3, 0.4) is 0 Å². The summed E-state index contributed by atoms with van der Waals surface area (Å²) in [6.45, 7) is 2.13. The SMILES string of the molecule is Cc1ccc(-n2nc(-c3ccc(Cl)cc3)c3c(C(F)(F)F)cc(-c4ccc(OCc5ccc(Cl)cc5Cl)cc4)nc32)cc1. The normalized spacial score (nSPS) is 11.7. The molecule has 0 aliphatic carbocycles. The highest BCUT2D eigenvalue weighted by Gasteiger charge is 2.36. The van der Waals surface area contributed by atoms with Gasteiger partial charge in [0, 0.05) is 31.8 Å². The Kier molecular flexibility index (Phi) is 7.81. The monoisotopic (exact) mass is 637 g/mol. The fourth-order valence-electron chi connectivity index (χ4n) is 4.68. The first kappa shape index (κ1) is 29.1. The lowest BCUT2D eigenvalue weighted by Gasteiger charge is -2.13. The standard InChI is InChI=1S/C33H21Cl3F3N3O/c1-19-2-12-25(13-3-19)42-32-30(31(41-42)21-4-9-23(34)10-5-21)27(33(37,38)39)17-29(40-32)20-7-14-26(15-8-20)43-18-22-6-11-24(35)16-28(22)36/h2-17H,18H2,1H3. The second kappa shape index (κ2) is 11.6. The average Bonchev–Trinajstić information content (AvgIpc) is 3.36. The molecule has 4 nitrogen and oxygen atoms in total. The third-order valence-corrected chi connectivity index (χ3v) is 7.74. The Morgan fingerprint density at radius 1 is 0.767 bits per heavy atom. The molecule has 0 aliphatic heterocycles. The lowest BCUT2D eigenvalue weighted by molar-refractivity contribution is -0.136. The number of alkyl halides is 3. The van der Waals surface area contributed by atoms with Crippen LogP contribution in [0.2, 0.25) is 15.1 Å². The van der Waals surface area contributed by atoms with E-state index in [2.05, 4.69) is 5.10 Å². The van der Waals surface area contributed by atoms with Crippen LogP contribution in [-0.2, 0) is 12.8 Å². The van der Waals surface area contributed by atoms with E-state index >= 15 is 0 Å². The van der Waals surface area contributed by atoms with E-state index in [1.54, 1.807) is 78.9 Å². The first-order valence-corrected chi connectivity index (χ1v) is 14.2. The van der Waals surface area contributed by atoms with Crippen LogP contribution in [0, 0.1) is 6.92 Å². The fraction of sp³-hybridized carbons (Fsp3) is 0.0909. The van der Waals surface area contributed by atoms with Crippen molar-refractivity contribution in [1.82, 2.24) is 14.8 Å². The molecule has 0 atom stereocenters. The van der Waals surface area contributed by atoms with Gasteiger partial charge in [0.1, 0.15) is 18.1 Å². The molecule has 0 saturated heterocycles. The van der Waals surface area contributed by atoms with Gasteiger partial charge >= 0.3 is 6.18 Å². The van der Waals surface area contributed by atoms with Gasteiger partial charge in [-0.15, -0.1) is 0 Å². The van der Waals surface area contributed by atoms with Gasteiger partial charge in [-0.05, 0) is 73.7 Å². The van der Waals surface area contributed by atoms with E-state index in [0.717, 1.165) is 17.2 Å². The molecule has 6 aromatic rings. The van der Waals surface area contributed by atoms with Gasteiger partial charge in [-0.2, -0.15) is 18.3 Å². The summed E-state index contributed by atoms with van der Waals surface area (Å²) < 4.78 is 51.4. The maximum Gasteiger partial charge on any atom is 0.417 e. The van der Waals surface area contributed by atoms with Crippen LogP contribution < -0.4 is 4.74 Å². The molecule has 0 unspecified atom stereocenters. The Labute approximate surface area is 260 Å². The zero-order valence-electron chi connectivity index (χ0n) is 22.5. The summed E-state index contributed by atoms with van der Waals surface area (Å²) in [5.41, 5.74) is 2.84. The zero-order chi connectivity index (χ0) is 30.3. The van der Waals surface area contributed by atoms with Crippen LogP contribution in [0.25, 0.3) is 39.2 Å². The first-order chi connectivity index (χ1) is 20.6. The van der Waals surface area contributed by atoms with E-state index in [-0.39, 0.29) is 29.0 Å². The van der Waals surface area contributed by atoms with Crippen LogP contribution >= 0.6 is 34.8 Å². The lowest BCUT2D eigenvalue weighted by atomic mass is 10.0. The van der Waals surface area contributed by atoms with Gasteiger partial charge in [-0.25, -0.2) is 9.67 Å². The van der Waals surface area contributed by atoms with Crippen molar-refractivity contribution in [3.8, 4) is 34.0 Å².